The Morgan fingerprint density at radius 2 is 2.05 bits per heavy atom. The van der Waals surface area contributed by atoms with Gasteiger partial charge in [0.2, 0.25) is 10.0 Å². The van der Waals surface area contributed by atoms with E-state index in [-0.39, 0.29) is 17.7 Å². The second-order valence-electron chi connectivity index (χ2n) is 5.74. The van der Waals surface area contributed by atoms with Gasteiger partial charge >= 0.3 is 0 Å². The summed E-state index contributed by atoms with van der Waals surface area (Å²) >= 11 is 0. The molecule has 1 rings (SSSR count). The van der Waals surface area contributed by atoms with Crippen molar-refractivity contribution in [2.75, 3.05) is 18.8 Å². The van der Waals surface area contributed by atoms with Crippen LogP contribution < -0.4 is 10.0 Å². The fourth-order valence-corrected chi connectivity index (χ4v) is 4.48. The first kappa shape index (κ1) is 16.9. The van der Waals surface area contributed by atoms with Crippen molar-refractivity contribution >= 4 is 10.0 Å². The maximum Gasteiger partial charge on any atom is 0.212 e. The van der Waals surface area contributed by atoms with Gasteiger partial charge in [-0.15, -0.1) is 0 Å². The monoisotopic (exact) mass is 290 g/mol. The lowest BCUT2D eigenvalue weighted by Gasteiger charge is -2.24. The van der Waals surface area contributed by atoms with Crippen LogP contribution in [0.4, 0.5) is 0 Å². The highest BCUT2D eigenvalue weighted by Gasteiger charge is 2.23. The van der Waals surface area contributed by atoms with Crippen molar-refractivity contribution in [2.24, 2.45) is 5.92 Å². The van der Waals surface area contributed by atoms with E-state index in [1.165, 1.54) is 0 Å². The molecule has 2 unspecified atom stereocenters. The van der Waals surface area contributed by atoms with Crippen molar-refractivity contribution in [3.05, 3.63) is 0 Å². The maximum atomic E-state index is 12.2. The molecule has 0 aliphatic carbocycles. The van der Waals surface area contributed by atoms with Gasteiger partial charge in [-0.25, -0.2) is 13.1 Å². The Morgan fingerprint density at radius 3 is 2.63 bits per heavy atom. The fourth-order valence-electron chi connectivity index (χ4n) is 2.74. The molecule has 2 atom stereocenters. The quantitative estimate of drug-likeness (QED) is 0.685. The van der Waals surface area contributed by atoms with E-state index in [1.807, 2.05) is 0 Å². The summed E-state index contributed by atoms with van der Waals surface area (Å²) in [5.41, 5.74) is 0. The molecule has 0 amide bonds. The van der Waals surface area contributed by atoms with Gasteiger partial charge in [0.15, 0.2) is 0 Å². The number of hydrogen-bond donors (Lipinski definition) is 2. The first-order valence-corrected chi connectivity index (χ1v) is 9.43. The molecule has 0 aromatic heterocycles. The highest BCUT2D eigenvalue weighted by atomic mass is 32.2. The van der Waals surface area contributed by atoms with E-state index in [0.717, 1.165) is 58.0 Å². The van der Waals surface area contributed by atoms with Crippen LogP contribution in [0.15, 0.2) is 0 Å². The van der Waals surface area contributed by atoms with Crippen LogP contribution >= 0.6 is 0 Å². The molecule has 4 nitrogen and oxygen atoms in total. The van der Waals surface area contributed by atoms with Crippen LogP contribution in [0.1, 0.15) is 58.8 Å². The Hall–Kier alpha value is -0.130. The lowest BCUT2D eigenvalue weighted by atomic mass is 10.0. The predicted octanol–water partition coefficient (Wildman–Crippen LogP) is 2.26. The molecule has 0 aromatic rings. The van der Waals surface area contributed by atoms with Crippen LogP contribution in [0.25, 0.3) is 0 Å². The van der Waals surface area contributed by atoms with Crippen LogP contribution in [0.5, 0.6) is 0 Å². The molecule has 0 aromatic carbocycles. The van der Waals surface area contributed by atoms with Crippen molar-refractivity contribution in [3.8, 4) is 0 Å². The Morgan fingerprint density at radius 1 is 1.26 bits per heavy atom. The van der Waals surface area contributed by atoms with Gasteiger partial charge in [-0.2, -0.15) is 0 Å². The highest BCUT2D eigenvalue weighted by Crippen LogP contribution is 2.14. The van der Waals surface area contributed by atoms with Gasteiger partial charge < -0.3 is 5.32 Å². The van der Waals surface area contributed by atoms with Gasteiger partial charge in [0, 0.05) is 6.04 Å². The van der Waals surface area contributed by atoms with Gasteiger partial charge in [-0.1, -0.05) is 33.1 Å². The van der Waals surface area contributed by atoms with Gasteiger partial charge in [0.05, 0.1) is 5.75 Å². The molecule has 1 saturated heterocycles. The third-order valence-corrected chi connectivity index (χ3v) is 5.35. The summed E-state index contributed by atoms with van der Waals surface area (Å²) in [6.45, 7) is 6.12. The third-order valence-electron chi connectivity index (χ3n) is 3.74. The number of rotatable bonds is 9. The summed E-state index contributed by atoms with van der Waals surface area (Å²) in [5.74, 6) is 0.562. The van der Waals surface area contributed by atoms with Crippen molar-refractivity contribution in [2.45, 2.75) is 64.8 Å². The molecule has 114 valence electrons. The second-order valence-corrected chi connectivity index (χ2v) is 7.54. The second kappa shape index (κ2) is 8.93. The summed E-state index contributed by atoms with van der Waals surface area (Å²) in [5, 5.41) is 3.28. The van der Waals surface area contributed by atoms with E-state index < -0.39 is 10.0 Å². The van der Waals surface area contributed by atoms with Crippen molar-refractivity contribution < 1.29 is 8.42 Å². The Labute approximate surface area is 118 Å². The molecule has 1 fully saturated rings. The minimum atomic E-state index is -3.12. The number of nitrogens with one attached hydrogen (secondary N) is 2. The van der Waals surface area contributed by atoms with Gasteiger partial charge in [-0.05, 0) is 44.7 Å². The van der Waals surface area contributed by atoms with Gasteiger partial charge in [0.25, 0.3) is 0 Å². The third kappa shape index (κ3) is 7.28. The van der Waals surface area contributed by atoms with E-state index in [0.29, 0.717) is 0 Å². The van der Waals surface area contributed by atoms with Gasteiger partial charge in [0.1, 0.15) is 0 Å². The van der Waals surface area contributed by atoms with Crippen LogP contribution in [0, 0.1) is 5.92 Å². The number of hydrogen-bond acceptors (Lipinski definition) is 3. The SMILES string of the molecule is CCCCC(CCC)NS(=O)(=O)CC1CCCNC1. The number of sulfonamides is 1. The molecule has 0 bridgehead atoms. The smallest absolute Gasteiger partial charge is 0.212 e. The van der Waals surface area contributed by atoms with E-state index in [4.69, 9.17) is 0 Å². The van der Waals surface area contributed by atoms with Crippen LogP contribution in [-0.2, 0) is 10.0 Å². The van der Waals surface area contributed by atoms with Crippen molar-refractivity contribution in [1.82, 2.24) is 10.0 Å². The van der Waals surface area contributed by atoms with E-state index in [2.05, 4.69) is 23.9 Å². The minimum absolute atomic E-state index is 0.131. The Bertz CT molecular complexity index is 324. The zero-order valence-corrected chi connectivity index (χ0v) is 13.3. The summed E-state index contributed by atoms with van der Waals surface area (Å²) in [6, 6.07) is 0.131. The molecule has 19 heavy (non-hydrogen) atoms. The van der Waals surface area contributed by atoms with Crippen LogP contribution in [0.3, 0.4) is 0 Å². The largest absolute Gasteiger partial charge is 0.316 e. The van der Waals surface area contributed by atoms with E-state index in [9.17, 15) is 8.42 Å². The predicted molar refractivity (Wildman–Crippen MR) is 80.7 cm³/mol. The normalized spacial score (nSPS) is 22.3. The molecule has 1 aliphatic heterocycles. The molecule has 2 N–H and O–H groups in total. The summed E-state index contributed by atoms with van der Waals surface area (Å²) in [6.07, 6.45) is 7.28. The summed E-state index contributed by atoms with van der Waals surface area (Å²) in [7, 11) is -3.12. The molecule has 5 heteroatoms. The standard InChI is InChI=1S/C14H30N2O2S/c1-3-5-9-14(7-4-2)16-19(17,18)12-13-8-6-10-15-11-13/h13-16H,3-12H2,1-2H3. The van der Waals surface area contributed by atoms with Crippen LogP contribution in [-0.4, -0.2) is 33.3 Å². The molecular weight excluding hydrogens is 260 g/mol. The van der Waals surface area contributed by atoms with E-state index in [1.54, 1.807) is 0 Å². The topological polar surface area (TPSA) is 58.2 Å². The fraction of sp³-hybridized carbons (Fsp3) is 1.00. The summed E-state index contributed by atoms with van der Waals surface area (Å²) in [4.78, 5) is 0. The van der Waals surface area contributed by atoms with Crippen molar-refractivity contribution in [1.29, 1.82) is 0 Å². The van der Waals surface area contributed by atoms with E-state index >= 15 is 0 Å². The lowest BCUT2D eigenvalue weighted by Crippen LogP contribution is -2.41. The molecular formula is C14H30N2O2S. The highest BCUT2D eigenvalue weighted by molar-refractivity contribution is 7.89. The average Bonchev–Trinajstić information content (AvgIpc) is 2.36. The molecule has 1 aliphatic rings. The molecule has 0 saturated carbocycles. The summed E-state index contributed by atoms with van der Waals surface area (Å²) < 4.78 is 27.3. The Kier molecular flexibility index (Phi) is 7.95. The number of piperidine rings is 1. The first-order valence-electron chi connectivity index (χ1n) is 7.78. The zero-order valence-electron chi connectivity index (χ0n) is 12.5. The molecule has 0 radical (unpaired) electrons. The minimum Gasteiger partial charge on any atom is -0.316 e. The van der Waals surface area contributed by atoms with Crippen LogP contribution in [0.2, 0.25) is 0 Å². The van der Waals surface area contributed by atoms with Gasteiger partial charge in [-0.3, -0.25) is 0 Å². The maximum absolute atomic E-state index is 12.2. The molecule has 0 spiro atoms. The zero-order chi connectivity index (χ0) is 14.1. The average molecular weight is 290 g/mol. The number of unbranched alkanes of at least 4 members (excludes halogenated alkanes) is 1. The lowest BCUT2D eigenvalue weighted by molar-refractivity contribution is 0.400. The molecule has 1 heterocycles. The van der Waals surface area contributed by atoms with Crippen molar-refractivity contribution in [3.63, 3.8) is 0 Å². The Balaban J connectivity index is 2.44. The first-order chi connectivity index (χ1) is 9.07.